The van der Waals surface area contributed by atoms with Crippen molar-refractivity contribution in [1.29, 1.82) is 0 Å². The highest BCUT2D eigenvalue weighted by Gasteiger charge is 2.48. The molecule has 3 fully saturated rings. The smallest absolute Gasteiger partial charge is 0.223 e. The van der Waals surface area contributed by atoms with Gasteiger partial charge in [0.1, 0.15) is 5.82 Å². The molecule has 2 saturated carbocycles. The molecule has 1 aromatic carbocycles. The summed E-state index contributed by atoms with van der Waals surface area (Å²) in [5.41, 5.74) is 1.49. The first-order valence-electron chi connectivity index (χ1n) is 8.26. The van der Waals surface area contributed by atoms with E-state index in [0.29, 0.717) is 18.8 Å². The minimum absolute atomic E-state index is 0.101. The Bertz CT molecular complexity index is 589. The minimum Gasteiger partial charge on any atom is -0.381 e. The lowest BCUT2D eigenvalue weighted by atomic mass is 9.89. The lowest BCUT2D eigenvalue weighted by Crippen LogP contribution is -2.44. The molecule has 0 aromatic heterocycles. The third-order valence-corrected chi connectivity index (χ3v) is 5.54. The van der Waals surface area contributed by atoms with Crippen LogP contribution in [0.5, 0.6) is 0 Å². The molecular formula is C18H22FNO2. The number of ether oxygens (including phenoxy) is 1. The van der Waals surface area contributed by atoms with Crippen molar-refractivity contribution in [3.63, 3.8) is 0 Å². The van der Waals surface area contributed by atoms with Crippen molar-refractivity contribution in [1.82, 2.24) is 5.32 Å². The van der Waals surface area contributed by atoms with E-state index < -0.39 is 0 Å². The molecule has 4 rings (SSSR count). The topological polar surface area (TPSA) is 38.3 Å². The van der Waals surface area contributed by atoms with Crippen LogP contribution in [0.1, 0.15) is 36.4 Å². The zero-order valence-corrected chi connectivity index (χ0v) is 12.8. The Morgan fingerprint density at radius 1 is 1.27 bits per heavy atom. The number of hydrogen-bond acceptors (Lipinski definition) is 2. The van der Waals surface area contributed by atoms with E-state index in [1.165, 1.54) is 6.42 Å². The Morgan fingerprint density at radius 2 is 2.00 bits per heavy atom. The van der Waals surface area contributed by atoms with Crippen LogP contribution >= 0.6 is 0 Å². The SMILES string of the molecule is Cc1ccc([C@H](NC(=O)C2C[C@@H]3C[C@@H]3C2)C2COC2)c(F)c1. The van der Waals surface area contributed by atoms with E-state index in [0.717, 1.165) is 30.2 Å². The molecule has 1 aliphatic heterocycles. The maximum Gasteiger partial charge on any atom is 0.223 e. The zero-order valence-electron chi connectivity index (χ0n) is 12.8. The second kappa shape index (κ2) is 5.34. The van der Waals surface area contributed by atoms with Crippen LogP contribution < -0.4 is 5.32 Å². The zero-order chi connectivity index (χ0) is 15.3. The number of rotatable bonds is 4. The molecule has 0 spiro atoms. The molecule has 118 valence electrons. The highest BCUT2D eigenvalue weighted by atomic mass is 19.1. The molecule has 2 aliphatic carbocycles. The Balaban J connectivity index is 1.51. The Kier molecular flexibility index (Phi) is 3.44. The molecule has 1 N–H and O–H groups in total. The molecule has 0 bridgehead atoms. The van der Waals surface area contributed by atoms with Gasteiger partial charge in [-0.05, 0) is 49.7 Å². The fraction of sp³-hybridized carbons (Fsp3) is 0.611. The lowest BCUT2D eigenvalue weighted by molar-refractivity contribution is -0.128. The van der Waals surface area contributed by atoms with Gasteiger partial charge in [-0.15, -0.1) is 0 Å². The van der Waals surface area contributed by atoms with Gasteiger partial charge in [-0.2, -0.15) is 0 Å². The van der Waals surface area contributed by atoms with Gasteiger partial charge in [-0.1, -0.05) is 12.1 Å². The van der Waals surface area contributed by atoms with Crippen LogP contribution in [0.3, 0.4) is 0 Å². The Labute approximate surface area is 130 Å². The number of nitrogens with one attached hydrogen (secondary N) is 1. The van der Waals surface area contributed by atoms with E-state index in [1.54, 1.807) is 12.1 Å². The molecule has 3 aliphatic rings. The van der Waals surface area contributed by atoms with Gasteiger partial charge < -0.3 is 10.1 Å². The molecular weight excluding hydrogens is 281 g/mol. The standard InChI is InChI=1S/C18H22FNO2/c1-10-2-3-15(16(19)4-10)17(14-8-22-9-14)20-18(21)13-6-11-5-12(11)7-13/h2-4,11-14,17H,5-9H2,1H3,(H,20,21)/t11-,12+,13?,17-/m1/s1. The highest BCUT2D eigenvalue weighted by molar-refractivity contribution is 5.79. The number of halogens is 1. The van der Waals surface area contributed by atoms with Crippen LogP contribution in [-0.2, 0) is 9.53 Å². The normalized spacial score (nSPS) is 31.3. The first-order valence-corrected chi connectivity index (χ1v) is 8.26. The molecule has 3 nitrogen and oxygen atoms in total. The summed E-state index contributed by atoms with van der Waals surface area (Å²) in [6, 6.07) is 4.99. The van der Waals surface area contributed by atoms with Crippen molar-refractivity contribution in [2.45, 2.75) is 32.2 Å². The second-order valence-corrected chi connectivity index (χ2v) is 7.23. The van der Waals surface area contributed by atoms with Gasteiger partial charge in [0.05, 0.1) is 19.3 Å². The predicted octanol–water partition coefficient (Wildman–Crippen LogP) is 2.98. The number of carbonyl (C=O) groups excluding carboxylic acids is 1. The number of benzene rings is 1. The van der Waals surface area contributed by atoms with Gasteiger partial charge in [0.25, 0.3) is 0 Å². The van der Waals surface area contributed by atoms with E-state index in [-0.39, 0.29) is 29.6 Å². The number of aryl methyl sites for hydroxylation is 1. The highest BCUT2D eigenvalue weighted by Crippen LogP contribution is 2.54. The van der Waals surface area contributed by atoms with Crippen molar-refractivity contribution in [3.05, 3.63) is 35.1 Å². The average Bonchev–Trinajstić information content (AvgIpc) is 3.02. The van der Waals surface area contributed by atoms with Crippen LogP contribution in [0.4, 0.5) is 4.39 Å². The van der Waals surface area contributed by atoms with Crippen molar-refractivity contribution in [2.75, 3.05) is 13.2 Å². The lowest BCUT2D eigenvalue weighted by Gasteiger charge is -2.35. The summed E-state index contributed by atoms with van der Waals surface area (Å²) >= 11 is 0. The van der Waals surface area contributed by atoms with E-state index in [9.17, 15) is 9.18 Å². The molecule has 1 unspecified atom stereocenters. The van der Waals surface area contributed by atoms with Crippen LogP contribution in [0.2, 0.25) is 0 Å². The molecule has 0 radical (unpaired) electrons. The third-order valence-electron chi connectivity index (χ3n) is 5.54. The number of carbonyl (C=O) groups is 1. The van der Waals surface area contributed by atoms with E-state index in [1.807, 2.05) is 13.0 Å². The van der Waals surface area contributed by atoms with Crippen molar-refractivity contribution >= 4 is 5.91 Å². The molecule has 1 heterocycles. The van der Waals surface area contributed by atoms with Gasteiger partial charge in [-0.3, -0.25) is 4.79 Å². The van der Waals surface area contributed by atoms with Crippen LogP contribution in [0, 0.1) is 36.4 Å². The summed E-state index contributed by atoms with van der Waals surface area (Å²) < 4.78 is 19.6. The van der Waals surface area contributed by atoms with E-state index in [4.69, 9.17) is 4.74 Å². The number of hydrogen-bond donors (Lipinski definition) is 1. The van der Waals surface area contributed by atoms with Crippen LogP contribution in [0.25, 0.3) is 0 Å². The summed E-state index contributed by atoms with van der Waals surface area (Å²) in [4.78, 5) is 12.5. The summed E-state index contributed by atoms with van der Waals surface area (Å²) in [7, 11) is 0. The molecule has 1 amide bonds. The quantitative estimate of drug-likeness (QED) is 0.928. The van der Waals surface area contributed by atoms with Crippen molar-refractivity contribution in [3.8, 4) is 0 Å². The van der Waals surface area contributed by atoms with Crippen LogP contribution in [-0.4, -0.2) is 19.1 Å². The van der Waals surface area contributed by atoms with Gasteiger partial charge in [0, 0.05) is 17.4 Å². The largest absolute Gasteiger partial charge is 0.381 e. The van der Waals surface area contributed by atoms with Gasteiger partial charge in [-0.25, -0.2) is 4.39 Å². The first-order chi connectivity index (χ1) is 10.6. The van der Waals surface area contributed by atoms with Gasteiger partial charge >= 0.3 is 0 Å². The number of fused-ring (bicyclic) bond motifs is 1. The fourth-order valence-corrected chi connectivity index (χ4v) is 3.98. The van der Waals surface area contributed by atoms with Crippen molar-refractivity contribution < 1.29 is 13.9 Å². The molecule has 4 heteroatoms. The Morgan fingerprint density at radius 3 is 2.59 bits per heavy atom. The van der Waals surface area contributed by atoms with Crippen molar-refractivity contribution in [2.24, 2.45) is 23.7 Å². The minimum atomic E-state index is -0.265. The molecule has 1 aromatic rings. The summed E-state index contributed by atoms with van der Waals surface area (Å²) in [5, 5.41) is 3.12. The molecule has 1 saturated heterocycles. The van der Waals surface area contributed by atoms with E-state index >= 15 is 0 Å². The fourth-order valence-electron chi connectivity index (χ4n) is 3.98. The summed E-state index contributed by atoms with van der Waals surface area (Å²) in [5.74, 6) is 1.73. The van der Waals surface area contributed by atoms with E-state index in [2.05, 4.69) is 5.32 Å². The van der Waals surface area contributed by atoms with Crippen LogP contribution in [0.15, 0.2) is 18.2 Å². The third kappa shape index (κ3) is 2.54. The predicted molar refractivity (Wildman–Crippen MR) is 80.7 cm³/mol. The monoisotopic (exact) mass is 303 g/mol. The van der Waals surface area contributed by atoms with Gasteiger partial charge in [0.15, 0.2) is 0 Å². The Hall–Kier alpha value is -1.42. The second-order valence-electron chi connectivity index (χ2n) is 7.23. The average molecular weight is 303 g/mol. The molecule has 22 heavy (non-hydrogen) atoms. The maximum absolute atomic E-state index is 14.3. The summed E-state index contributed by atoms with van der Waals surface area (Å²) in [6.07, 6.45) is 3.33. The number of amides is 1. The maximum atomic E-state index is 14.3. The first kappa shape index (κ1) is 14.2. The van der Waals surface area contributed by atoms with Gasteiger partial charge in [0.2, 0.25) is 5.91 Å². The molecule has 4 atom stereocenters. The summed E-state index contributed by atoms with van der Waals surface area (Å²) in [6.45, 7) is 3.06.